The van der Waals surface area contributed by atoms with Crippen molar-refractivity contribution in [3.05, 3.63) is 0 Å². The van der Waals surface area contributed by atoms with Crippen molar-refractivity contribution in [3.63, 3.8) is 0 Å². The van der Waals surface area contributed by atoms with Gasteiger partial charge in [0.1, 0.15) is 0 Å². The van der Waals surface area contributed by atoms with Crippen LogP contribution >= 0.6 is 0 Å². The zero-order valence-corrected chi connectivity index (χ0v) is 11.7. The van der Waals surface area contributed by atoms with Crippen molar-refractivity contribution in [2.75, 3.05) is 13.1 Å². The third-order valence-corrected chi connectivity index (χ3v) is 6.31. The quantitative estimate of drug-likeness (QED) is 0.816. The number of hydrogen-bond donors (Lipinski definition) is 2. The van der Waals surface area contributed by atoms with E-state index in [1.54, 1.807) is 0 Å². The molecule has 4 saturated carbocycles. The van der Waals surface area contributed by atoms with Crippen molar-refractivity contribution < 1.29 is 4.79 Å². The van der Waals surface area contributed by atoms with Gasteiger partial charge in [-0.15, -0.1) is 0 Å². The van der Waals surface area contributed by atoms with Gasteiger partial charge in [0.2, 0.25) is 5.91 Å². The van der Waals surface area contributed by atoms with Crippen molar-refractivity contribution in [2.45, 2.75) is 51.0 Å². The van der Waals surface area contributed by atoms with Crippen molar-refractivity contribution >= 4 is 5.91 Å². The summed E-state index contributed by atoms with van der Waals surface area (Å²) in [7, 11) is 0. The molecule has 3 heteroatoms. The molecule has 3 nitrogen and oxygen atoms in total. The van der Waals surface area contributed by atoms with Gasteiger partial charge in [-0.1, -0.05) is 0 Å². The molecule has 0 aromatic heterocycles. The number of hydrogen-bond acceptors (Lipinski definition) is 2. The Kier molecular flexibility index (Phi) is 3.06. The van der Waals surface area contributed by atoms with Crippen LogP contribution in [0.15, 0.2) is 0 Å². The number of carbonyl (C=O) groups is 1. The van der Waals surface area contributed by atoms with E-state index < -0.39 is 0 Å². The highest BCUT2D eigenvalue weighted by molar-refractivity contribution is 5.81. The zero-order chi connectivity index (χ0) is 12.8. The molecule has 0 spiro atoms. The Hall–Kier alpha value is -0.570. The fourth-order valence-corrected chi connectivity index (χ4v) is 5.62. The second kappa shape index (κ2) is 4.76. The largest absolute Gasteiger partial charge is 0.354 e. The number of nitrogens with one attached hydrogen (secondary N) is 2. The summed E-state index contributed by atoms with van der Waals surface area (Å²) in [6.45, 7) is 1.96. The van der Waals surface area contributed by atoms with Crippen LogP contribution in [-0.2, 0) is 4.79 Å². The maximum Gasteiger partial charge on any atom is 0.237 e. The van der Waals surface area contributed by atoms with Crippen molar-refractivity contribution in [3.8, 4) is 0 Å². The lowest BCUT2D eigenvalue weighted by molar-refractivity contribution is -0.123. The number of amides is 1. The van der Waals surface area contributed by atoms with Crippen LogP contribution in [0.2, 0.25) is 0 Å². The van der Waals surface area contributed by atoms with E-state index in [0.717, 1.165) is 55.5 Å². The SMILES string of the molecule is O=C(NCC1C2CC3CC(C2)CC1C3)C1CCCN1. The van der Waals surface area contributed by atoms with Crippen LogP contribution in [0.1, 0.15) is 44.9 Å². The Labute approximate surface area is 115 Å². The third-order valence-electron chi connectivity index (χ3n) is 6.31. The molecule has 19 heavy (non-hydrogen) atoms. The van der Waals surface area contributed by atoms with Crippen LogP contribution in [-0.4, -0.2) is 25.0 Å². The molecule has 5 fully saturated rings. The normalized spacial score (nSPS) is 47.6. The van der Waals surface area contributed by atoms with Gasteiger partial charge in [-0.05, 0) is 81.1 Å². The molecule has 4 bridgehead atoms. The summed E-state index contributed by atoms with van der Waals surface area (Å²) in [6.07, 6.45) is 9.50. The average Bonchev–Trinajstić information content (AvgIpc) is 2.90. The summed E-state index contributed by atoms with van der Waals surface area (Å²) >= 11 is 0. The second-order valence-corrected chi connectivity index (χ2v) is 7.49. The first-order chi connectivity index (χ1) is 9.29. The van der Waals surface area contributed by atoms with Gasteiger partial charge in [0.25, 0.3) is 0 Å². The highest BCUT2D eigenvalue weighted by Crippen LogP contribution is 2.56. The molecule has 1 amide bonds. The van der Waals surface area contributed by atoms with Crippen molar-refractivity contribution in [1.82, 2.24) is 10.6 Å². The Bertz CT molecular complexity index is 334. The Morgan fingerprint density at radius 1 is 1.05 bits per heavy atom. The molecule has 4 aliphatic carbocycles. The fraction of sp³-hybridized carbons (Fsp3) is 0.938. The smallest absolute Gasteiger partial charge is 0.237 e. The predicted molar refractivity (Wildman–Crippen MR) is 74.6 cm³/mol. The average molecular weight is 262 g/mol. The topological polar surface area (TPSA) is 41.1 Å². The van der Waals surface area contributed by atoms with Gasteiger partial charge in [-0.25, -0.2) is 0 Å². The molecule has 2 N–H and O–H groups in total. The van der Waals surface area contributed by atoms with Crippen LogP contribution in [0.5, 0.6) is 0 Å². The molecular weight excluding hydrogens is 236 g/mol. The van der Waals surface area contributed by atoms with Crippen LogP contribution in [0, 0.1) is 29.6 Å². The summed E-state index contributed by atoms with van der Waals surface area (Å²) in [5.41, 5.74) is 0. The minimum absolute atomic E-state index is 0.0943. The molecule has 0 aromatic carbocycles. The van der Waals surface area contributed by atoms with E-state index in [0.29, 0.717) is 0 Å². The first-order valence-electron chi connectivity index (χ1n) is 8.30. The maximum absolute atomic E-state index is 12.1. The monoisotopic (exact) mass is 262 g/mol. The van der Waals surface area contributed by atoms with E-state index >= 15 is 0 Å². The van der Waals surface area contributed by atoms with E-state index in [9.17, 15) is 4.79 Å². The van der Waals surface area contributed by atoms with E-state index in [1.165, 1.54) is 32.1 Å². The summed E-state index contributed by atoms with van der Waals surface area (Å²) in [5.74, 6) is 4.96. The van der Waals surface area contributed by atoms with Crippen LogP contribution in [0.4, 0.5) is 0 Å². The summed E-state index contributed by atoms with van der Waals surface area (Å²) in [6, 6.07) is 0.0943. The molecule has 1 aliphatic heterocycles. The minimum atomic E-state index is 0.0943. The molecule has 0 aromatic rings. The predicted octanol–water partition coefficient (Wildman–Crippen LogP) is 1.93. The van der Waals surface area contributed by atoms with Crippen LogP contribution < -0.4 is 10.6 Å². The fourth-order valence-electron chi connectivity index (χ4n) is 5.62. The first kappa shape index (κ1) is 12.2. The van der Waals surface area contributed by atoms with Gasteiger partial charge < -0.3 is 10.6 Å². The zero-order valence-electron chi connectivity index (χ0n) is 11.7. The van der Waals surface area contributed by atoms with E-state index in [4.69, 9.17) is 0 Å². The van der Waals surface area contributed by atoms with Crippen LogP contribution in [0.3, 0.4) is 0 Å². The highest BCUT2D eigenvalue weighted by Gasteiger charge is 2.48. The molecule has 5 aliphatic rings. The van der Waals surface area contributed by atoms with E-state index in [2.05, 4.69) is 10.6 Å². The summed E-state index contributed by atoms with van der Waals surface area (Å²) < 4.78 is 0. The molecule has 5 rings (SSSR count). The van der Waals surface area contributed by atoms with E-state index in [1.807, 2.05) is 0 Å². The first-order valence-corrected chi connectivity index (χ1v) is 8.30. The number of carbonyl (C=O) groups excluding carboxylic acids is 1. The lowest BCUT2D eigenvalue weighted by atomic mass is 9.52. The van der Waals surface area contributed by atoms with E-state index in [-0.39, 0.29) is 11.9 Å². The van der Waals surface area contributed by atoms with Gasteiger partial charge in [0, 0.05) is 6.54 Å². The molecule has 0 radical (unpaired) electrons. The summed E-state index contributed by atoms with van der Waals surface area (Å²) in [4.78, 5) is 12.1. The second-order valence-electron chi connectivity index (χ2n) is 7.49. The van der Waals surface area contributed by atoms with Gasteiger partial charge in [-0.2, -0.15) is 0 Å². The summed E-state index contributed by atoms with van der Waals surface area (Å²) in [5, 5.41) is 6.55. The number of rotatable bonds is 3. The molecule has 1 heterocycles. The van der Waals surface area contributed by atoms with Gasteiger partial charge >= 0.3 is 0 Å². The van der Waals surface area contributed by atoms with Gasteiger partial charge in [0.15, 0.2) is 0 Å². The molecule has 1 saturated heterocycles. The standard InChI is InChI=1S/C16H26N2O/c19-16(15-2-1-3-17-15)18-9-14-12-5-10-4-11(7-12)8-13(14)6-10/h10-15,17H,1-9H2,(H,18,19). The molecule has 1 atom stereocenters. The van der Waals surface area contributed by atoms with Gasteiger partial charge in [0.05, 0.1) is 6.04 Å². The maximum atomic E-state index is 12.1. The third kappa shape index (κ3) is 2.20. The Balaban J connectivity index is 1.34. The lowest BCUT2D eigenvalue weighted by Crippen LogP contribution is -2.50. The van der Waals surface area contributed by atoms with Gasteiger partial charge in [-0.3, -0.25) is 4.79 Å². The van der Waals surface area contributed by atoms with Crippen LogP contribution in [0.25, 0.3) is 0 Å². The molecule has 1 unspecified atom stereocenters. The Morgan fingerprint density at radius 2 is 1.74 bits per heavy atom. The minimum Gasteiger partial charge on any atom is -0.354 e. The molecule has 106 valence electrons. The Morgan fingerprint density at radius 3 is 2.32 bits per heavy atom. The van der Waals surface area contributed by atoms with Crippen molar-refractivity contribution in [1.29, 1.82) is 0 Å². The van der Waals surface area contributed by atoms with Crippen molar-refractivity contribution in [2.24, 2.45) is 29.6 Å². The molecular formula is C16H26N2O. The highest BCUT2D eigenvalue weighted by atomic mass is 16.2. The lowest BCUT2D eigenvalue weighted by Gasteiger charge is -2.54.